The first-order chi connectivity index (χ1) is 9.72. The van der Waals surface area contributed by atoms with Gasteiger partial charge in [0, 0.05) is 13.0 Å². The molecule has 0 spiro atoms. The van der Waals surface area contributed by atoms with Crippen LogP contribution < -0.4 is 0 Å². The number of fused-ring (bicyclic) bond motifs is 2. The Morgan fingerprint density at radius 1 is 1.25 bits per heavy atom. The van der Waals surface area contributed by atoms with Gasteiger partial charge < -0.3 is 9.32 Å². The highest BCUT2D eigenvalue weighted by Gasteiger charge is 2.46. The van der Waals surface area contributed by atoms with Crippen LogP contribution in [0.5, 0.6) is 0 Å². The molecular weight excluding hydrogens is 260 g/mol. The normalized spacial score (nSPS) is 29.9. The van der Waals surface area contributed by atoms with E-state index in [1.807, 2.05) is 0 Å². The van der Waals surface area contributed by atoms with E-state index in [-0.39, 0.29) is 18.1 Å². The SMILES string of the molecule is O=C1N(O)[C@@H]2CC[C@@H](c3nnc(CC4CCC4)o3)N1C2. The fraction of sp³-hybridized carbons (Fsp3) is 0.769. The third-order valence-electron chi connectivity index (χ3n) is 4.80. The van der Waals surface area contributed by atoms with E-state index in [1.165, 1.54) is 19.3 Å². The minimum atomic E-state index is -0.351. The predicted molar refractivity (Wildman–Crippen MR) is 66.8 cm³/mol. The Hall–Kier alpha value is -1.63. The van der Waals surface area contributed by atoms with Crippen molar-refractivity contribution in [1.82, 2.24) is 20.2 Å². The average molecular weight is 278 g/mol. The van der Waals surface area contributed by atoms with Crippen molar-refractivity contribution in [3.8, 4) is 0 Å². The van der Waals surface area contributed by atoms with Crippen LogP contribution in [-0.4, -0.2) is 44.0 Å². The summed E-state index contributed by atoms with van der Waals surface area (Å²) in [5.41, 5.74) is 0. The number of piperidine rings is 1. The molecule has 1 N–H and O–H groups in total. The molecule has 1 saturated carbocycles. The molecule has 108 valence electrons. The molecule has 4 rings (SSSR count). The first-order valence-electron chi connectivity index (χ1n) is 7.33. The molecule has 2 atom stereocenters. The molecule has 2 amide bonds. The zero-order valence-corrected chi connectivity index (χ0v) is 11.2. The van der Waals surface area contributed by atoms with Crippen molar-refractivity contribution in [1.29, 1.82) is 0 Å². The maximum absolute atomic E-state index is 11.9. The quantitative estimate of drug-likeness (QED) is 0.851. The predicted octanol–water partition coefficient (Wildman–Crippen LogP) is 1.74. The summed E-state index contributed by atoms with van der Waals surface area (Å²) in [6.07, 6.45) is 6.16. The highest BCUT2D eigenvalue weighted by Crippen LogP contribution is 2.37. The summed E-state index contributed by atoms with van der Waals surface area (Å²) in [5, 5.41) is 18.7. The van der Waals surface area contributed by atoms with Crippen LogP contribution >= 0.6 is 0 Å². The second kappa shape index (κ2) is 4.44. The van der Waals surface area contributed by atoms with Crippen molar-refractivity contribution in [3.05, 3.63) is 11.8 Å². The number of hydroxylamine groups is 2. The van der Waals surface area contributed by atoms with Gasteiger partial charge in [0.2, 0.25) is 11.8 Å². The first-order valence-corrected chi connectivity index (χ1v) is 7.33. The fourth-order valence-electron chi connectivity index (χ4n) is 3.33. The van der Waals surface area contributed by atoms with Gasteiger partial charge in [-0.1, -0.05) is 6.42 Å². The summed E-state index contributed by atoms with van der Waals surface area (Å²) < 4.78 is 5.75. The fourth-order valence-corrected chi connectivity index (χ4v) is 3.33. The molecule has 2 bridgehead atoms. The van der Waals surface area contributed by atoms with Gasteiger partial charge in [-0.3, -0.25) is 5.21 Å². The topological polar surface area (TPSA) is 82.7 Å². The molecule has 1 aromatic heterocycles. The third-order valence-corrected chi connectivity index (χ3v) is 4.80. The molecule has 7 heteroatoms. The molecule has 0 unspecified atom stereocenters. The molecule has 3 aliphatic rings. The van der Waals surface area contributed by atoms with Crippen molar-refractivity contribution in [2.24, 2.45) is 5.92 Å². The van der Waals surface area contributed by atoms with Gasteiger partial charge in [-0.05, 0) is 31.6 Å². The summed E-state index contributed by atoms with van der Waals surface area (Å²) in [7, 11) is 0. The molecular formula is C13H18N4O3. The second-order valence-electron chi connectivity index (χ2n) is 6.06. The van der Waals surface area contributed by atoms with E-state index >= 15 is 0 Å². The van der Waals surface area contributed by atoms with Crippen LogP contribution in [0.1, 0.15) is 49.9 Å². The summed E-state index contributed by atoms with van der Waals surface area (Å²) in [4.78, 5) is 13.6. The van der Waals surface area contributed by atoms with E-state index in [9.17, 15) is 10.0 Å². The largest absolute Gasteiger partial charge is 0.423 e. The van der Waals surface area contributed by atoms with E-state index in [0.29, 0.717) is 24.2 Å². The molecule has 1 aliphatic carbocycles. The molecule has 3 fully saturated rings. The number of rotatable bonds is 3. The van der Waals surface area contributed by atoms with Gasteiger partial charge in [0.15, 0.2) is 0 Å². The molecule has 20 heavy (non-hydrogen) atoms. The Labute approximate surface area is 116 Å². The minimum absolute atomic E-state index is 0.0869. The lowest BCUT2D eigenvalue weighted by Crippen LogP contribution is -2.34. The Bertz CT molecular complexity index is 527. The Kier molecular flexibility index (Phi) is 2.70. The van der Waals surface area contributed by atoms with E-state index < -0.39 is 0 Å². The van der Waals surface area contributed by atoms with Gasteiger partial charge >= 0.3 is 6.03 Å². The number of urea groups is 1. The number of hydrogen-bond acceptors (Lipinski definition) is 5. The van der Waals surface area contributed by atoms with E-state index in [4.69, 9.17) is 4.42 Å². The number of carbonyl (C=O) groups is 1. The van der Waals surface area contributed by atoms with Crippen molar-refractivity contribution >= 4 is 6.03 Å². The zero-order valence-electron chi connectivity index (χ0n) is 11.2. The molecule has 1 aromatic rings. The number of carbonyl (C=O) groups excluding carboxylic acids is 1. The maximum Gasteiger partial charge on any atom is 0.344 e. The molecule has 0 radical (unpaired) electrons. The molecule has 0 aromatic carbocycles. The lowest BCUT2D eigenvalue weighted by molar-refractivity contribution is -0.0584. The highest BCUT2D eigenvalue weighted by molar-refractivity contribution is 5.76. The van der Waals surface area contributed by atoms with Crippen LogP contribution in [0.2, 0.25) is 0 Å². The number of amides is 2. The van der Waals surface area contributed by atoms with Crippen LogP contribution in [0.4, 0.5) is 4.79 Å². The van der Waals surface area contributed by atoms with Crippen molar-refractivity contribution < 1.29 is 14.4 Å². The van der Waals surface area contributed by atoms with Gasteiger partial charge in [-0.15, -0.1) is 10.2 Å². The van der Waals surface area contributed by atoms with Crippen LogP contribution in [0.3, 0.4) is 0 Å². The zero-order chi connectivity index (χ0) is 13.7. The first kappa shape index (κ1) is 12.1. The number of hydrogen-bond donors (Lipinski definition) is 1. The number of nitrogens with zero attached hydrogens (tertiary/aromatic N) is 4. The van der Waals surface area contributed by atoms with Gasteiger partial charge in [0.05, 0.1) is 6.04 Å². The average Bonchev–Trinajstić information content (AvgIpc) is 2.96. The molecule has 3 heterocycles. The van der Waals surface area contributed by atoms with Crippen molar-refractivity contribution in [2.45, 2.75) is 50.6 Å². The van der Waals surface area contributed by atoms with Gasteiger partial charge in [-0.25, -0.2) is 9.86 Å². The van der Waals surface area contributed by atoms with Crippen LogP contribution in [-0.2, 0) is 6.42 Å². The second-order valence-corrected chi connectivity index (χ2v) is 6.06. The summed E-state index contributed by atoms with van der Waals surface area (Å²) in [6.45, 7) is 0.542. The lowest BCUT2D eigenvalue weighted by atomic mass is 9.83. The Morgan fingerprint density at radius 3 is 2.85 bits per heavy atom. The number of aromatic nitrogens is 2. The molecule has 2 saturated heterocycles. The maximum atomic E-state index is 11.9. The van der Waals surface area contributed by atoms with E-state index in [2.05, 4.69) is 10.2 Å². The highest BCUT2D eigenvalue weighted by atomic mass is 16.5. The summed E-state index contributed by atoms with van der Waals surface area (Å²) >= 11 is 0. The monoisotopic (exact) mass is 278 g/mol. The van der Waals surface area contributed by atoms with Crippen LogP contribution in [0, 0.1) is 5.92 Å². The van der Waals surface area contributed by atoms with Gasteiger partial charge in [0.25, 0.3) is 0 Å². The Balaban J connectivity index is 1.51. The van der Waals surface area contributed by atoms with Crippen molar-refractivity contribution in [3.63, 3.8) is 0 Å². The Morgan fingerprint density at radius 2 is 2.10 bits per heavy atom. The summed E-state index contributed by atoms with van der Waals surface area (Å²) in [6, 6.07) is -0.620. The van der Waals surface area contributed by atoms with Crippen molar-refractivity contribution in [2.75, 3.05) is 6.54 Å². The van der Waals surface area contributed by atoms with Gasteiger partial charge in [0.1, 0.15) is 6.04 Å². The van der Waals surface area contributed by atoms with Crippen LogP contribution in [0.15, 0.2) is 4.42 Å². The summed E-state index contributed by atoms with van der Waals surface area (Å²) in [5.74, 6) is 1.88. The smallest absolute Gasteiger partial charge is 0.344 e. The third kappa shape index (κ3) is 1.80. The standard InChI is InChI=1S/C13H18N4O3/c18-13-16-7-9(17(13)19)4-5-10(16)12-15-14-11(20-12)6-8-2-1-3-8/h8-10,19H,1-7H2/t9-,10+/m1/s1. The van der Waals surface area contributed by atoms with E-state index in [0.717, 1.165) is 24.3 Å². The lowest BCUT2D eigenvalue weighted by Gasteiger charge is -2.27. The molecule has 2 aliphatic heterocycles. The van der Waals surface area contributed by atoms with Gasteiger partial charge in [-0.2, -0.15) is 0 Å². The van der Waals surface area contributed by atoms with E-state index in [1.54, 1.807) is 4.90 Å². The van der Waals surface area contributed by atoms with Crippen LogP contribution in [0.25, 0.3) is 0 Å². The minimum Gasteiger partial charge on any atom is -0.423 e. The molecule has 7 nitrogen and oxygen atoms in total.